The van der Waals surface area contributed by atoms with Crippen LogP contribution in [0.15, 0.2) is 77.4 Å². The van der Waals surface area contributed by atoms with Crippen LogP contribution in [0.2, 0.25) is 0 Å². The van der Waals surface area contributed by atoms with Gasteiger partial charge in [-0.05, 0) is 79.6 Å². The number of aromatic nitrogens is 2. The van der Waals surface area contributed by atoms with Gasteiger partial charge in [0.25, 0.3) is 5.91 Å². The van der Waals surface area contributed by atoms with Crippen LogP contribution in [0, 0.1) is 5.82 Å². The first-order valence-corrected chi connectivity index (χ1v) is 12.7. The van der Waals surface area contributed by atoms with Gasteiger partial charge < -0.3 is 19.1 Å². The molecule has 188 valence electrons. The Bertz CT molecular complexity index is 1460. The summed E-state index contributed by atoms with van der Waals surface area (Å²) in [6, 6.07) is 19.7. The van der Waals surface area contributed by atoms with Crippen molar-refractivity contribution in [2.45, 2.75) is 25.7 Å². The van der Waals surface area contributed by atoms with Gasteiger partial charge in [0.15, 0.2) is 17.7 Å². The highest BCUT2D eigenvalue weighted by atomic mass is 79.9. The molecule has 0 saturated carbocycles. The van der Waals surface area contributed by atoms with Crippen molar-refractivity contribution in [3.8, 4) is 28.4 Å². The molecule has 3 heterocycles. The Hall–Kier alpha value is -3.69. The molecule has 2 aliphatic rings. The Kier molecular flexibility index (Phi) is 6.18. The lowest BCUT2D eigenvalue weighted by atomic mass is 10.1. The zero-order valence-corrected chi connectivity index (χ0v) is 21.5. The normalized spacial score (nSPS) is 18.6. The summed E-state index contributed by atoms with van der Waals surface area (Å²) < 4.78 is 33.5. The second-order valence-electron chi connectivity index (χ2n) is 8.96. The number of halogens is 2. The van der Waals surface area contributed by atoms with Gasteiger partial charge in [-0.3, -0.25) is 4.79 Å². The van der Waals surface area contributed by atoms with Crippen molar-refractivity contribution in [1.82, 2.24) is 14.7 Å². The van der Waals surface area contributed by atoms with Crippen LogP contribution < -0.4 is 9.47 Å². The van der Waals surface area contributed by atoms with Gasteiger partial charge in [0.1, 0.15) is 17.6 Å². The van der Waals surface area contributed by atoms with Crippen molar-refractivity contribution in [2.24, 2.45) is 0 Å². The highest BCUT2D eigenvalue weighted by molar-refractivity contribution is 9.10. The van der Waals surface area contributed by atoms with Crippen molar-refractivity contribution < 1.29 is 23.4 Å². The predicted octanol–water partition coefficient (Wildman–Crippen LogP) is 5.66. The van der Waals surface area contributed by atoms with E-state index in [0.29, 0.717) is 24.4 Å². The van der Waals surface area contributed by atoms with E-state index in [2.05, 4.69) is 15.9 Å². The number of rotatable bonds is 6. The summed E-state index contributed by atoms with van der Waals surface area (Å²) in [5.74, 6) is 1.01. The molecule has 1 fully saturated rings. The SMILES string of the molecule is C[C@H]1O[C@@H](c2cn(-c3ccc(Br)cc3)nc2-c2ccc(F)cc2)N(CCc2ccc3c(c2)OCO3)C1=O. The molecule has 6 rings (SSSR count). The highest BCUT2D eigenvalue weighted by Crippen LogP contribution is 2.38. The third-order valence-corrected chi connectivity index (χ3v) is 7.07. The number of ether oxygens (including phenoxy) is 3. The summed E-state index contributed by atoms with van der Waals surface area (Å²) in [6.45, 7) is 2.41. The number of hydrogen-bond acceptors (Lipinski definition) is 5. The zero-order valence-electron chi connectivity index (χ0n) is 19.9. The number of benzene rings is 3. The Morgan fingerprint density at radius 2 is 1.78 bits per heavy atom. The van der Waals surface area contributed by atoms with E-state index in [1.165, 1.54) is 12.1 Å². The number of carbonyl (C=O) groups is 1. The van der Waals surface area contributed by atoms with Gasteiger partial charge in [0.05, 0.1) is 5.69 Å². The average molecular weight is 564 g/mol. The third-order valence-electron chi connectivity index (χ3n) is 6.54. The van der Waals surface area contributed by atoms with Crippen LogP contribution in [-0.2, 0) is 16.0 Å². The summed E-state index contributed by atoms with van der Waals surface area (Å²) in [4.78, 5) is 14.9. The van der Waals surface area contributed by atoms with Gasteiger partial charge in [-0.2, -0.15) is 5.10 Å². The molecule has 9 heteroatoms. The van der Waals surface area contributed by atoms with Gasteiger partial charge in [-0.15, -0.1) is 0 Å². The molecule has 0 N–H and O–H groups in total. The standard InChI is InChI=1S/C28H23BrFN3O4/c1-17-27(34)32(13-12-18-2-11-24-25(14-18)36-16-35-24)28(37-17)23-15-33(22-9-5-20(29)6-10-22)31-26(23)19-3-7-21(30)8-4-19/h2-11,14-15,17,28H,12-13,16H2,1H3/t17-,28+/m1/s1. The summed E-state index contributed by atoms with van der Waals surface area (Å²) >= 11 is 3.46. The monoisotopic (exact) mass is 563 g/mol. The van der Waals surface area contributed by atoms with Crippen LogP contribution in [0.1, 0.15) is 24.3 Å². The smallest absolute Gasteiger partial charge is 0.253 e. The number of hydrogen-bond donors (Lipinski definition) is 0. The van der Waals surface area contributed by atoms with E-state index in [-0.39, 0.29) is 18.5 Å². The number of fused-ring (bicyclic) bond motifs is 1. The van der Waals surface area contributed by atoms with E-state index in [1.807, 2.05) is 48.7 Å². The van der Waals surface area contributed by atoms with Gasteiger partial charge in [0.2, 0.25) is 6.79 Å². The van der Waals surface area contributed by atoms with E-state index >= 15 is 0 Å². The maximum atomic E-state index is 13.7. The highest BCUT2D eigenvalue weighted by Gasteiger charge is 2.40. The fraction of sp³-hybridized carbons (Fsp3) is 0.214. The van der Waals surface area contributed by atoms with E-state index in [4.69, 9.17) is 19.3 Å². The molecule has 2 aliphatic heterocycles. The van der Waals surface area contributed by atoms with E-state index in [1.54, 1.807) is 28.6 Å². The minimum atomic E-state index is -0.638. The average Bonchev–Trinajstić information content (AvgIpc) is 3.62. The minimum absolute atomic E-state index is 0.0906. The first-order valence-electron chi connectivity index (χ1n) is 11.9. The van der Waals surface area contributed by atoms with Gasteiger partial charge in [-0.1, -0.05) is 22.0 Å². The van der Waals surface area contributed by atoms with Crippen molar-refractivity contribution >= 4 is 21.8 Å². The molecule has 0 bridgehead atoms. The maximum Gasteiger partial charge on any atom is 0.253 e. The van der Waals surface area contributed by atoms with Gasteiger partial charge in [-0.25, -0.2) is 9.07 Å². The van der Waals surface area contributed by atoms with Crippen molar-refractivity contribution in [3.63, 3.8) is 0 Å². The Morgan fingerprint density at radius 1 is 1.03 bits per heavy atom. The summed E-state index contributed by atoms with van der Waals surface area (Å²) in [5.41, 5.74) is 3.97. The number of carbonyl (C=O) groups excluding carboxylic acids is 1. The van der Waals surface area contributed by atoms with Crippen LogP contribution in [0.25, 0.3) is 16.9 Å². The van der Waals surface area contributed by atoms with Crippen molar-refractivity contribution in [3.05, 3.63) is 94.3 Å². The Balaban J connectivity index is 1.35. The molecule has 0 spiro atoms. The quantitative estimate of drug-likeness (QED) is 0.303. The van der Waals surface area contributed by atoms with Crippen LogP contribution in [-0.4, -0.2) is 40.0 Å². The second-order valence-corrected chi connectivity index (χ2v) is 9.88. The molecular formula is C28H23BrFN3O4. The fourth-order valence-corrected chi connectivity index (χ4v) is 4.88. The molecule has 4 aromatic rings. The van der Waals surface area contributed by atoms with Crippen LogP contribution in [0.5, 0.6) is 11.5 Å². The van der Waals surface area contributed by atoms with Crippen LogP contribution in [0.4, 0.5) is 4.39 Å². The predicted molar refractivity (Wildman–Crippen MR) is 138 cm³/mol. The zero-order chi connectivity index (χ0) is 25.5. The molecule has 0 radical (unpaired) electrons. The van der Waals surface area contributed by atoms with Gasteiger partial charge >= 0.3 is 0 Å². The minimum Gasteiger partial charge on any atom is -0.454 e. The molecule has 2 atom stereocenters. The first-order chi connectivity index (χ1) is 18.0. The van der Waals surface area contributed by atoms with E-state index in [0.717, 1.165) is 32.6 Å². The molecule has 7 nitrogen and oxygen atoms in total. The number of nitrogens with zero attached hydrogens (tertiary/aromatic N) is 3. The maximum absolute atomic E-state index is 13.7. The van der Waals surface area contributed by atoms with Gasteiger partial charge in [0, 0.05) is 28.3 Å². The number of amides is 1. The van der Waals surface area contributed by atoms with Crippen molar-refractivity contribution in [1.29, 1.82) is 0 Å². The Labute approximate surface area is 221 Å². The summed E-state index contributed by atoms with van der Waals surface area (Å²) in [6.07, 6.45) is 1.26. The largest absolute Gasteiger partial charge is 0.454 e. The first kappa shape index (κ1) is 23.7. The lowest BCUT2D eigenvalue weighted by molar-refractivity contribution is -0.130. The molecule has 3 aromatic carbocycles. The van der Waals surface area contributed by atoms with Crippen molar-refractivity contribution in [2.75, 3.05) is 13.3 Å². The second kappa shape index (κ2) is 9.64. The molecule has 1 amide bonds. The van der Waals surface area contributed by atoms with Crippen LogP contribution >= 0.6 is 15.9 Å². The third kappa shape index (κ3) is 4.60. The Morgan fingerprint density at radius 3 is 2.57 bits per heavy atom. The molecule has 1 aromatic heterocycles. The van der Waals surface area contributed by atoms with E-state index < -0.39 is 12.3 Å². The summed E-state index contributed by atoms with van der Waals surface area (Å²) in [7, 11) is 0. The lowest BCUT2D eigenvalue weighted by Crippen LogP contribution is -2.32. The topological polar surface area (TPSA) is 65.8 Å². The van der Waals surface area contributed by atoms with E-state index in [9.17, 15) is 9.18 Å². The van der Waals surface area contributed by atoms with Crippen LogP contribution in [0.3, 0.4) is 0 Å². The molecule has 1 saturated heterocycles. The molecule has 37 heavy (non-hydrogen) atoms. The fourth-order valence-electron chi connectivity index (χ4n) is 4.61. The molecule has 0 unspecified atom stereocenters. The molecular weight excluding hydrogens is 541 g/mol. The molecule has 0 aliphatic carbocycles. The summed E-state index contributed by atoms with van der Waals surface area (Å²) in [5, 5.41) is 4.83. The lowest BCUT2D eigenvalue weighted by Gasteiger charge is -2.23.